The fourth-order valence-corrected chi connectivity index (χ4v) is 5.69. The van der Waals surface area contributed by atoms with Crippen LogP contribution in [0.15, 0.2) is 35.7 Å². The molecule has 6 heteroatoms. The minimum atomic E-state index is -1.59. The van der Waals surface area contributed by atoms with Crippen LogP contribution in [0.25, 0.3) is 21.1 Å². The molecular formula is C16H15NO3S2. The molecule has 114 valence electrons. The molecule has 0 spiro atoms. The lowest BCUT2D eigenvalue weighted by molar-refractivity contribution is 0.0671. The van der Waals surface area contributed by atoms with Crippen LogP contribution in [-0.4, -0.2) is 21.0 Å². The SMILES string of the molecule is O=S1O[C@H]2[C@H](CCC[C@@H]2n2c3ccccc3c3sccc32)O1. The summed E-state index contributed by atoms with van der Waals surface area (Å²) >= 11 is 0.181. The third-order valence-corrected chi connectivity index (χ3v) is 6.49. The van der Waals surface area contributed by atoms with Gasteiger partial charge in [0.2, 0.25) is 0 Å². The van der Waals surface area contributed by atoms with Crippen molar-refractivity contribution in [1.82, 2.24) is 4.57 Å². The van der Waals surface area contributed by atoms with E-state index in [0.29, 0.717) is 0 Å². The standard InChI is InChI=1S/C16H15NO3S2/c18-22-19-14-7-3-6-12(15(14)20-22)17-11-5-2-1-4-10(11)16-13(17)8-9-21-16/h1-2,4-5,8-9,12,14-15H,3,6-7H2/t12-,14-,15+,22?/m0/s1. The Morgan fingerprint density at radius 1 is 1.14 bits per heavy atom. The van der Waals surface area contributed by atoms with Gasteiger partial charge in [0.15, 0.2) is 0 Å². The highest BCUT2D eigenvalue weighted by Gasteiger charge is 2.44. The lowest BCUT2D eigenvalue weighted by Gasteiger charge is -2.32. The van der Waals surface area contributed by atoms with Crippen LogP contribution in [0, 0.1) is 0 Å². The van der Waals surface area contributed by atoms with Crippen LogP contribution in [0.2, 0.25) is 0 Å². The molecule has 0 N–H and O–H groups in total. The van der Waals surface area contributed by atoms with Gasteiger partial charge < -0.3 is 4.57 Å². The number of hydrogen-bond donors (Lipinski definition) is 0. The number of hydrogen-bond acceptors (Lipinski definition) is 4. The zero-order valence-corrected chi connectivity index (χ0v) is 13.4. The molecular weight excluding hydrogens is 318 g/mol. The Morgan fingerprint density at radius 3 is 3.00 bits per heavy atom. The van der Waals surface area contributed by atoms with Crippen molar-refractivity contribution >= 4 is 43.8 Å². The van der Waals surface area contributed by atoms with Gasteiger partial charge in [-0.05, 0) is 36.8 Å². The summed E-state index contributed by atoms with van der Waals surface area (Å²) in [4.78, 5) is 0. The van der Waals surface area contributed by atoms with E-state index in [-0.39, 0.29) is 18.2 Å². The summed E-state index contributed by atoms with van der Waals surface area (Å²) in [7, 11) is 0. The van der Waals surface area contributed by atoms with Gasteiger partial charge in [-0.15, -0.1) is 11.3 Å². The van der Waals surface area contributed by atoms with Crippen LogP contribution in [0.1, 0.15) is 25.3 Å². The van der Waals surface area contributed by atoms with Crippen molar-refractivity contribution in [1.29, 1.82) is 0 Å². The first-order chi connectivity index (χ1) is 10.8. The third-order valence-electron chi connectivity index (χ3n) is 4.77. The van der Waals surface area contributed by atoms with E-state index >= 15 is 0 Å². The fraction of sp³-hybridized carbons (Fsp3) is 0.375. The summed E-state index contributed by atoms with van der Waals surface area (Å²) in [6, 6.07) is 10.9. The molecule has 2 fully saturated rings. The van der Waals surface area contributed by atoms with Crippen molar-refractivity contribution in [2.24, 2.45) is 0 Å². The Balaban J connectivity index is 1.74. The average Bonchev–Trinajstić information content (AvgIpc) is 3.19. The van der Waals surface area contributed by atoms with E-state index in [1.165, 1.54) is 21.1 Å². The van der Waals surface area contributed by atoms with Crippen molar-refractivity contribution in [2.75, 3.05) is 0 Å². The predicted molar refractivity (Wildman–Crippen MR) is 88.1 cm³/mol. The molecule has 1 unspecified atom stereocenters. The quantitative estimate of drug-likeness (QED) is 0.677. The first-order valence-corrected chi connectivity index (χ1v) is 9.43. The number of fused-ring (bicyclic) bond motifs is 4. The van der Waals surface area contributed by atoms with Crippen LogP contribution >= 0.6 is 11.3 Å². The Labute approximate surface area is 134 Å². The zero-order chi connectivity index (χ0) is 14.7. The van der Waals surface area contributed by atoms with Gasteiger partial charge in [-0.3, -0.25) is 8.37 Å². The van der Waals surface area contributed by atoms with Crippen LogP contribution in [0.3, 0.4) is 0 Å². The molecule has 1 aromatic carbocycles. The van der Waals surface area contributed by atoms with Gasteiger partial charge in [0.25, 0.3) is 0 Å². The first kappa shape index (κ1) is 13.2. The molecule has 1 saturated carbocycles. The summed E-state index contributed by atoms with van der Waals surface area (Å²) in [6.45, 7) is 0. The second kappa shape index (κ2) is 4.89. The monoisotopic (exact) mass is 333 g/mol. The average molecular weight is 333 g/mol. The maximum absolute atomic E-state index is 11.7. The van der Waals surface area contributed by atoms with Gasteiger partial charge in [0.05, 0.1) is 21.8 Å². The number of thiophene rings is 1. The van der Waals surface area contributed by atoms with Gasteiger partial charge in [0.1, 0.15) is 12.2 Å². The molecule has 2 aliphatic rings. The van der Waals surface area contributed by atoms with Gasteiger partial charge in [-0.1, -0.05) is 18.2 Å². The summed E-state index contributed by atoms with van der Waals surface area (Å²) in [6.07, 6.45) is 2.87. The zero-order valence-electron chi connectivity index (χ0n) is 11.8. The van der Waals surface area contributed by atoms with Gasteiger partial charge >= 0.3 is 11.4 Å². The predicted octanol–water partition coefficient (Wildman–Crippen LogP) is 3.94. The molecule has 3 heterocycles. The van der Waals surface area contributed by atoms with Crippen molar-refractivity contribution < 1.29 is 12.6 Å². The maximum Gasteiger partial charge on any atom is 0.305 e. The lowest BCUT2D eigenvalue weighted by atomic mass is 9.89. The van der Waals surface area contributed by atoms with E-state index in [1.807, 2.05) is 0 Å². The normalized spacial score (nSPS) is 31.8. The summed E-state index contributed by atoms with van der Waals surface area (Å²) in [5.41, 5.74) is 2.48. The number of para-hydroxylation sites is 1. The number of rotatable bonds is 1. The van der Waals surface area contributed by atoms with Gasteiger partial charge in [-0.2, -0.15) is 4.21 Å². The second-order valence-electron chi connectivity index (χ2n) is 5.92. The van der Waals surface area contributed by atoms with E-state index in [9.17, 15) is 4.21 Å². The molecule has 1 saturated heterocycles. The molecule has 22 heavy (non-hydrogen) atoms. The lowest BCUT2D eigenvalue weighted by Crippen LogP contribution is -2.36. The number of benzene rings is 1. The molecule has 5 rings (SSSR count). The highest BCUT2D eigenvalue weighted by Crippen LogP contribution is 2.43. The largest absolute Gasteiger partial charge is 0.334 e. The second-order valence-corrected chi connectivity index (χ2v) is 7.63. The Morgan fingerprint density at radius 2 is 2.05 bits per heavy atom. The van der Waals surface area contributed by atoms with Crippen molar-refractivity contribution in [3.63, 3.8) is 0 Å². The topological polar surface area (TPSA) is 40.5 Å². The molecule has 2 aromatic heterocycles. The summed E-state index contributed by atoms with van der Waals surface area (Å²) in [5, 5.41) is 3.42. The molecule has 1 aliphatic carbocycles. The van der Waals surface area contributed by atoms with E-state index in [1.54, 1.807) is 11.3 Å². The van der Waals surface area contributed by atoms with E-state index in [2.05, 4.69) is 40.3 Å². The van der Waals surface area contributed by atoms with E-state index in [4.69, 9.17) is 8.37 Å². The molecule has 0 bridgehead atoms. The minimum absolute atomic E-state index is 0.0468. The van der Waals surface area contributed by atoms with Crippen molar-refractivity contribution in [3.05, 3.63) is 35.7 Å². The van der Waals surface area contributed by atoms with Crippen molar-refractivity contribution in [2.45, 2.75) is 37.5 Å². The molecule has 4 nitrogen and oxygen atoms in total. The summed E-state index contributed by atoms with van der Waals surface area (Å²) < 4.78 is 26.4. The minimum Gasteiger partial charge on any atom is -0.334 e. The molecule has 0 amide bonds. The van der Waals surface area contributed by atoms with Crippen LogP contribution in [0.4, 0.5) is 0 Å². The van der Waals surface area contributed by atoms with Crippen molar-refractivity contribution in [3.8, 4) is 0 Å². The Bertz CT molecular complexity index is 884. The molecule has 0 radical (unpaired) electrons. The Kier molecular flexibility index (Phi) is 2.95. The number of aromatic nitrogens is 1. The molecule has 1 aliphatic heterocycles. The summed E-state index contributed by atoms with van der Waals surface area (Å²) in [5.74, 6) is 0. The maximum atomic E-state index is 11.7. The van der Waals surface area contributed by atoms with E-state index in [0.717, 1.165) is 19.3 Å². The number of nitrogens with zero attached hydrogens (tertiary/aromatic N) is 1. The fourth-order valence-electron chi connectivity index (χ4n) is 3.88. The molecule has 3 aromatic rings. The highest BCUT2D eigenvalue weighted by molar-refractivity contribution is 7.75. The Hall–Kier alpha value is -1.21. The van der Waals surface area contributed by atoms with Gasteiger partial charge in [0, 0.05) is 5.39 Å². The highest BCUT2D eigenvalue weighted by atomic mass is 32.2. The van der Waals surface area contributed by atoms with Crippen LogP contribution < -0.4 is 0 Å². The molecule has 4 atom stereocenters. The first-order valence-electron chi connectivity index (χ1n) is 7.55. The third kappa shape index (κ3) is 1.78. The smallest absolute Gasteiger partial charge is 0.305 e. The van der Waals surface area contributed by atoms with Crippen LogP contribution in [0.5, 0.6) is 0 Å². The van der Waals surface area contributed by atoms with E-state index < -0.39 is 11.4 Å². The van der Waals surface area contributed by atoms with Gasteiger partial charge in [-0.25, -0.2) is 0 Å². The van der Waals surface area contributed by atoms with Crippen LogP contribution in [-0.2, 0) is 19.7 Å².